The first-order valence-electron chi connectivity index (χ1n) is 5.63. The van der Waals surface area contributed by atoms with Crippen molar-refractivity contribution in [2.75, 3.05) is 7.11 Å². The molecular weight excluding hydrogens is 248 g/mol. The highest BCUT2D eigenvalue weighted by molar-refractivity contribution is 6.35. The van der Waals surface area contributed by atoms with Gasteiger partial charge in [-0.25, -0.2) is 0 Å². The zero-order chi connectivity index (χ0) is 12.4. The average Bonchev–Trinajstić information content (AvgIpc) is 2.72. The van der Waals surface area contributed by atoms with Gasteiger partial charge in [-0.05, 0) is 13.8 Å². The fourth-order valence-corrected chi connectivity index (χ4v) is 3.17. The van der Waals surface area contributed by atoms with E-state index in [-0.39, 0.29) is 24.4 Å². The van der Waals surface area contributed by atoms with Gasteiger partial charge < -0.3 is 18.9 Å². The van der Waals surface area contributed by atoms with E-state index in [1.54, 1.807) is 7.11 Å². The number of alkyl halides is 1. The van der Waals surface area contributed by atoms with Gasteiger partial charge in [-0.3, -0.25) is 4.79 Å². The van der Waals surface area contributed by atoms with Crippen LogP contribution in [0.3, 0.4) is 0 Å². The number of ketones is 1. The van der Waals surface area contributed by atoms with Gasteiger partial charge in [-0.15, -0.1) is 11.6 Å². The summed E-state index contributed by atoms with van der Waals surface area (Å²) in [6, 6.07) is 0. The largest absolute Gasteiger partial charge is 0.353 e. The fraction of sp³-hybridized carbons (Fsp3) is 0.909. The van der Waals surface area contributed by atoms with Crippen LogP contribution in [-0.2, 0) is 23.7 Å². The third kappa shape index (κ3) is 1.43. The van der Waals surface area contributed by atoms with Crippen molar-refractivity contribution in [3.63, 3.8) is 0 Å². The molecule has 0 aromatic rings. The summed E-state index contributed by atoms with van der Waals surface area (Å²) in [4.78, 5) is 11.4. The first-order chi connectivity index (χ1) is 7.89. The van der Waals surface area contributed by atoms with Gasteiger partial charge in [0.25, 0.3) is 0 Å². The minimum atomic E-state index is -0.780. The Bertz CT molecular complexity index is 371. The van der Waals surface area contributed by atoms with Crippen molar-refractivity contribution in [2.45, 2.75) is 55.5 Å². The highest BCUT2D eigenvalue weighted by atomic mass is 35.5. The van der Waals surface area contributed by atoms with Gasteiger partial charge in [0.1, 0.15) is 23.2 Å². The number of fused-ring (bicyclic) bond motifs is 2. The molecule has 96 valence electrons. The SMILES string of the molecule is COC1O[C@@]2(CC(=O)C2Cl)C2OC(C)(C)OC12. The number of Topliss-reactive ketones (excluding diaryl/α,β-unsaturated/α-hetero) is 1. The zero-order valence-corrected chi connectivity index (χ0v) is 10.7. The molecule has 3 aliphatic rings. The summed E-state index contributed by atoms with van der Waals surface area (Å²) in [7, 11) is 1.54. The number of carbonyl (C=O) groups is 1. The Balaban J connectivity index is 1.91. The van der Waals surface area contributed by atoms with Crippen LogP contribution in [0.2, 0.25) is 0 Å². The Morgan fingerprint density at radius 2 is 2.06 bits per heavy atom. The molecule has 2 aliphatic heterocycles. The van der Waals surface area contributed by atoms with Gasteiger partial charge in [0.2, 0.25) is 0 Å². The van der Waals surface area contributed by atoms with E-state index in [2.05, 4.69) is 0 Å². The lowest BCUT2D eigenvalue weighted by atomic mass is 9.74. The van der Waals surface area contributed by atoms with Crippen LogP contribution in [0.5, 0.6) is 0 Å². The molecule has 1 saturated carbocycles. The number of rotatable bonds is 1. The van der Waals surface area contributed by atoms with Crippen molar-refractivity contribution in [2.24, 2.45) is 0 Å². The summed E-state index contributed by atoms with van der Waals surface area (Å²) >= 11 is 6.08. The van der Waals surface area contributed by atoms with E-state index in [4.69, 9.17) is 30.5 Å². The Hall–Kier alpha value is -0.200. The molecule has 0 aromatic carbocycles. The van der Waals surface area contributed by atoms with Gasteiger partial charge in [-0.2, -0.15) is 0 Å². The lowest BCUT2D eigenvalue weighted by molar-refractivity contribution is -0.258. The predicted molar refractivity (Wildman–Crippen MR) is 57.7 cm³/mol. The highest BCUT2D eigenvalue weighted by Crippen LogP contribution is 2.53. The van der Waals surface area contributed by atoms with E-state index < -0.39 is 23.1 Å². The fourth-order valence-electron chi connectivity index (χ4n) is 2.84. The second-order valence-electron chi connectivity index (χ2n) is 5.20. The summed E-state index contributed by atoms with van der Waals surface area (Å²) < 4.78 is 22.6. The molecule has 0 N–H and O–H groups in total. The number of hydrogen-bond donors (Lipinski definition) is 0. The average molecular weight is 263 g/mol. The molecule has 3 rings (SSSR count). The summed E-state index contributed by atoms with van der Waals surface area (Å²) in [5.74, 6) is -0.714. The van der Waals surface area contributed by atoms with Crippen LogP contribution >= 0.6 is 11.6 Å². The van der Waals surface area contributed by atoms with Gasteiger partial charge in [-0.1, -0.05) is 0 Å². The first kappa shape index (κ1) is 11.9. The lowest BCUT2D eigenvalue weighted by Crippen LogP contribution is -2.63. The van der Waals surface area contributed by atoms with Gasteiger partial charge in [0.15, 0.2) is 17.9 Å². The molecule has 0 aromatic heterocycles. The molecule has 5 nitrogen and oxygen atoms in total. The van der Waals surface area contributed by atoms with Gasteiger partial charge >= 0.3 is 0 Å². The first-order valence-corrected chi connectivity index (χ1v) is 6.06. The molecule has 4 unspecified atom stereocenters. The molecule has 0 bridgehead atoms. The monoisotopic (exact) mass is 262 g/mol. The summed E-state index contributed by atoms with van der Waals surface area (Å²) in [6.45, 7) is 3.66. The summed E-state index contributed by atoms with van der Waals surface area (Å²) in [5, 5.41) is -0.673. The van der Waals surface area contributed by atoms with Gasteiger partial charge in [0.05, 0.1) is 0 Å². The van der Waals surface area contributed by atoms with Crippen molar-refractivity contribution >= 4 is 17.4 Å². The Morgan fingerprint density at radius 3 is 2.59 bits per heavy atom. The van der Waals surface area contributed by atoms with E-state index in [0.29, 0.717) is 0 Å². The molecule has 0 radical (unpaired) electrons. The van der Waals surface area contributed by atoms with Gasteiger partial charge in [0, 0.05) is 13.5 Å². The van der Waals surface area contributed by atoms with E-state index in [9.17, 15) is 4.79 Å². The molecule has 3 fully saturated rings. The molecule has 2 heterocycles. The maximum atomic E-state index is 11.4. The number of hydrogen-bond acceptors (Lipinski definition) is 5. The number of halogens is 1. The van der Waals surface area contributed by atoms with Crippen molar-refractivity contribution in [3.8, 4) is 0 Å². The maximum Gasteiger partial charge on any atom is 0.187 e. The Kier molecular flexibility index (Phi) is 2.39. The van der Waals surface area contributed by atoms with Crippen molar-refractivity contribution in [1.29, 1.82) is 0 Å². The van der Waals surface area contributed by atoms with Crippen molar-refractivity contribution in [3.05, 3.63) is 0 Å². The highest BCUT2D eigenvalue weighted by Gasteiger charge is 2.71. The Labute approximate surface area is 104 Å². The van der Waals surface area contributed by atoms with Crippen LogP contribution < -0.4 is 0 Å². The third-order valence-corrected chi connectivity index (χ3v) is 4.22. The lowest BCUT2D eigenvalue weighted by Gasteiger charge is -2.44. The van der Waals surface area contributed by atoms with E-state index >= 15 is 0 Å². The minimum Gasteiger partial charge on any atom is -0.353 e. The minimum absolute atomic E-state index is 0.0181. The smallest absolute Gasteiger partial charge is 0.187 e. The van der Waals surface area contributed by atoms with Crippen LogP contribution in [0.4, 0.5) is 0 Å². The van der Waals surface area contributed by atoms with E-state index in [1.807, 2.05) is 13.8 Å². The molecule has 2 saturated heterocycles. The van der Waals surface area contributed by atoms with Crippen LogP contribution in [0.15, 0.2) is 0 Å². The van der Waals surface area contributed by atoms with Crippen molar-refractivity contribution in [1.82, 2.24) is 0 Å². The molecule has 1 aliphatic carbocycles. The Morgan fingerprint density at radius 1 is 1.35 bits per heavy atom. The topological polar surface area (TPSA) is 54.0 Å². The number of carbonyl (C=O) groups excluding carboxylic acids is 1. The second kappa shape index (κ2) is 3.42. The molecular formula is C11H15ClO5. The standard InChI is InChI=1S/C11H15ClO5/c1-10(2)15-6-8(16-10)11(17-9(6)14-3)4-5(13)7(11)12/h6-9H,4H2,1-3H3/t6?,7?,8?,9?,11-/m1/s1. The normalized spacial score (nSPS) is 51.6. The molecule has 17 heavy (non-hydrogen) atoms. The van der Waals surface area contributed by atoms with Crippen molar-refractivity contribution < 1.29 is 23.7 Å². The van der Waals surface area contributed by atoms with Crippen LogP contribution in [0.25, 0.3) is 0 Å². The van der Waals surface area contributed by atoms with E-state index in [1.165, 1.54) is 0 Å². The summed E-state index contributed by atoms with van der Waals surface area (Å²) in [6.07, 6.45) is -0.940. The zero-order valence-electron chi connectivity index (χ0n) is 9.94. The maximum absolute atomic E-state index is 11.4. The number of ether oxygens (including phenoxy) is 4. The molecule has 1 spiro atoms. The van der Waals surface area contributed by atoms with Crippen LogP contribution in [-0.4, -0.2) is 48.2 Å². The summed E-state index contributed by atoms with van der Waals surface area (Å²) in [5.41, 5.74) is -0.780. The van der Waals surface area contributed by atoms with Crippen LogP contribution in [0.1, 0.15) is 20.3 Å². The quantitative estimate of drug-likeness (QED) is 0.655. The van der Waals surface area contributed by atoms with E-state index in [0.717, 1.165) is 0 Å². The van der Waals surface area contributed by atoms with Crippen LogP contribution in [0, 0.1) is 0 Å². The third-order valence-electron chi connectivity index (χ3n) is 3.61. The second-order valence-corrected chi connectivity index (χ2v) is 5.64. The molecule has 5 atom stereocenters. The predicted octanol–water partition coefficient (Wildman–Crippen LogP) is 0.828. The molecule has 6 heteroatoms. The number of methoxy groups -OCH3 is 1. The molecule has 0 amide bonds.